The minimum Gasteiger partial charge on any atom is -0.306 e. The van der Waals surface area contributed by atoms with Crippen LogP contribution in [-0.4, -0.2) is 22.2 Å². The molecule has 0 heterocycles. The van der Waals surface area contributed by atoms with Gasteiger partial charge in [-0.15, -0.1) is 16.7 Å². The van der Waals surface area contributed by atoms with Gasteiger partial charge in [-0.1, -0.05) is 6.08 Å². The van der Waals surface area contributed by atoms with Crippen LogP contribution < -0.4 is 0 Å². The Kier molecular flexibility index (Phi) is 3.83. The SMILES string of the molecule is C=CCC(C)(CO[N+](=O)[O-])[N+](=O)[O-]. The maximum atomic E-state index is 10.5. The smallest absolute Gasteiger partial charge is 0.294 e. The summed E-state index contributed by atoms with van der Waals surface area (Å²) in [6.45, 7) is 4.02. The topological polar surface area (TPSA) is 95.5 Å². The normalized spacial score (nSPS) is 14.2. The Morgan fingerprint density at radius 2 is 2.08 bits per heavy atom. The predicted octanol–water partition coefficient (Wildman–Crippen LogP) is 0.806. The monoisotopic (exact) mass is 190 g/mol. The van der Waals surface area contributed by atoms with Gasteiger partial charge in [-0.05, 0) is 0 Å². The first-order valence-electron chi connectivity index (χ1n) is 3.45. The molecule has 0 bridgehead atoms. The van der Waals surface area contributed by atoms with Crippen molar-refractivity contribution >= 4 is 0 Å². The molecule has 0 fully saturated rings. The Hall–Kier alpha value is -1.66. The van der Waals surface area contributed by atoms with Crippen LogP contribution in [0, 0.1) is 20.2 Å². The molecule has 0 saturated carbocycles. The zero-order valence-electron chi connectivity index (χ0n) is 7.13. The Morgan fingerprint density at radius 3 is 2.38 bits per heavy atom. The van der Waals surface area contributed by atoms with Gasteiger partial charge in [0.1, 0.15) is 0 Å². The molecule has 0 aromatic heterocycles. The van der Waals surface area contributed by atoms with E-state index in [1.807, 2.05) is 0 Å². The molecule has 13 heavy (non-hydrogen) atoms. The summed E-state index contributed by atoms with van der Waals surface area (Å²) in [6.07, 6.45) is 1.35. The lowest BCUT2D eigenvalue weighted by atomic mass is 10.0. The van der Waals surface area contributed by atoms with E-state index < -0.39 is 22.2 Å². The highest BCUT2D eigenvalue weighted by Gasteiger charge is 2.37. The van der Waals surface area contributed by atoms with Gasteiger partial charge >= 0.3 is 0 Å². The van der Waals surface area contributed by atoms with Crippen LogP contribution in [0.1, 0.15) is 13.3 Å². The lowest BCUT2D eigenvalue weighted by Crippen LogP contribution is -2.40. The third-order valence-corrected chi connectivity index (χ3v) is 1.51. The number of rotatable bonds is 6. The maximum absolute atomic E-state index is 10.5. The summed E-state index contributed by atoms with van der Waals surface area (Å²) in [5.74, 6) is 0. The molecule has 0 aromatic rings. The molecule has 1 atom stereocenters. The van der Waals surface area contributed by atoms with E-state index in [4.69, 9.17) is 0 Å². The van der Waals surface area contributed by atoms with Crippen molar-refractivity contribution in [2.75, 3.05) is 6.61 Å². The van der Waals surface area contributed by atoms with Gasteiger partial charge in [0, 0.05) is 18.3 Å². The van der Waals surface area contributed by atoms with Gasteiger partial charge in [0.05, 0.1) is 0 Å². The molecule has 7 nitrogen and oxygen atoms in total. The quantitative estimate of drug-likeness (QED) is 0.350. The lowest BCUT2D eigenvalue weighted by molar-refractivity contribution is -0.769. The van der Waals surface area contributed by atoms with E-state index in [0.717, 1.165) is 0 Å². The number of hydrogen-bond acceptors (Lipinski definition) is 5. The lowest BCUT2D eigenvalue weighted by Gasteiger charge is -2.17. The molecular weight excluding hydrogens is 180 g/mol. The molecule has 0 aliphatic carbocycles. The Balaban J connectivity index is 4.32. The van der Waals surface area contributed by atoms with Crippen molar-refractivity contribution in [3.8, 4) is 0 Å². The summed E-state index contributed by atoms with van der Waals surface area (Å²) in [6, 6.07) is 0. The third-order valence-electron chi connectivity index (χ3n) is 1.51. The van der Waals surface area contributed by atoms with Crippen molar-refractivity contribution < 1.29 is 14.8 Å². The van der Waals surface area contributed by atoms with Gasteiger partial charge in [0.25, 0.3) is 5.09 Å². The Labute approximate surface area is 74.2 Å². The van der Waals surface area contributed by atoms with Crippen LogP contribution >= 0.6 is 0 Å². The summed E-state index contributed by atoms with van der Waals surface area (Å²) in [7, 11) is 0. The second-order valence-corrected chi connectivity index (χ2v) is 2.74. The molecule has 0 amide bonds. The van der Waals surface area contributed by atoms with Crippen LogP contribution in [0.3, 0.4) is 0 Å². The van der Waals surface area contributed by atoms with E-state index >= 15 is 0 Å². The molecule has 0 rings (SSSR count). The summed E-state index contributed by atoms with van der Waals surface area (Å²) >= 11 is 0. The molecule has 1 unspecified atom stereocenters. The average Bonchev–Trinajstić information content (AvgIpc) is 2.01. The summed E-state index contributed by atoms with van der Waals surface area (Å²) in [5, 5.41) is 19.2. The zero-order chi connectivity index (χ0) is 10.5. The van der Waals surface area contributed by atoms with Gasteiger partial charge < -0.3 is 4.84 Å². The van der Waals surface area contributed by atoms with Crippen LogP contribution in [0.25, 0.3) is 0 Å². The first-order chi connectivity index (χ1) is 5.92. The minimum atomic E-state index is -1.48. The van der Waals surface area contributed by atoms with Crippen molar-refractivity contribution in [1.29, 1.82) is 0 Å². The van der Waals surface area contributed by atoms with Gasteiger partial charge in [0.2, 0.25) is 5.54 Å². The van der Waals surface area contributed by atoms with Crippen molar-refractivity contribution in [2.45, 2.75) is 18.9 Å². The van der Waals surface area contributed by atoms with Crippen LogP contribution in [0.4, 0.5) is 0 Å². The van der Waals surface area contributed by atoms with Crippen molar-refractivity contribution in [3.63, 3.8) is 0 Å². The van der Waals surface area contributed by atoms with Crippen LogP contribution in [-0.2, 0) is 4.84 Å². The molecule has 7 heteroatoms. The van der Waals surface area contributed by atoms with Crippen molar-refractivity contribution in [3.05, 3.63) is 32.9 Å². The Morgan fingerprint density at radius 1 is 1.54 bits per heavy atom. The largest absolute Gasteiger partial charge is 0.306 e. The van der Waals surface area contributed by atoms with E-state index in [9.17, 15) is 20.2 Å². The summed E-state index contributed by atoms with van der Waals surface area (Å²) in [4.78, 5) is 23.6. The highest BCUT2D eigenvalue weighted by Crippen LogP contribution is 2.15. The van der Waals surface area contributed by atoms with Crippen molar-refractivity contribution in [1.82, 2.24) is 0 Å². The minimum absolute atomic E-state index is 0.0217. The molecule has 0 aromatic carbocycles. The second kappa shape index (κ2) is 4.39. The first kappa shape index (κ1) is 11.3. The van der Waals surface area contributed by atoms with E-state index in [0.29, 0.717) is 0 Å². The summed E-state index contributed by atoms with van der Waals surface area (Å²) in [5.41, 5.74) is -1.48. The highest BCUT2D eigenvalue weighted by molar-refractivity contribution is 4.82. The van der Waals surface area contributed by atoms with E-state index in [2.05, 4.69) is 11.4 Å². The standard InChI is InChI=1S/C6H10N2O5/c1-3-4-6(2,7(9)10)5-13-8(11)12/h3H,1,4-5H2,2H3. The zero-order valence-corrected chi connectivity index (χ0v) is 7.13. The molecule has 0 spiro atoms. The molecule has 0 N–H and O–H groups in total. The average molecular weight is 190 g/mol. The molecule has 0 aliphatic heterocycles. The highest BCUT2D eigenvalue weighted by atomic mass is 17.0. The molecule has 0 saturated heterocycles. The van der Waals surface area contributed by atoms with E-state index in [1.54, 1.807) is 0 Å². The van der Waals surface area contributed by atoms with Gasteiger partial charge in [-0.2, -0.15) is 0 Å². The van der Waals surface area contributed by atoms with Gasteiger partial charge in [0.15, 0.2) is 6.61 Å². The molecule has 0 radical (unpaired) electrons. The van der Waals surface area contributed by atoms with Crippen LogP contribution in [0.5, 0.6) is 0 Å². The van der Waals surface area contributed by atoms with E-state index in [1.165, 1.54) is 13.0 Å². The second-order valence-electron chi connectivity index (χ2n) is 2.74. The number of nitrogens with zero attached hydrogens (tertiary/aromatic N) is 2. The fraction of sp³-hybridized carbons (Fsp3) is 0.667. The van der Waals surface area contributed by atoms with Crippen molar-refractivity contribution in [2.24, 2.45) is 0 Å². The molecule has 74 valence electrons. The first-order valence-corrected chi connectivity index (χ1v) is 3.45. The van der Waals surface area contributed by atoms with E-state index in [-0.39, 0.29) is 6.42 Å². The van der Waals surface area contributed by atoms with Gasteiger partial charge in [-0.3, -0.25) is 10.1 Å². The molecular formula is C6H10N2O5. The predicted molar refractivity (Wildman–Crippen MR) is 43.2 cm³/mol. The third kappa shape index (κ3) is 3.50. The van der Waals surface area contributed by atoms with Gasteiger partial charge in [-0.25, -0.2) is 0 Å². The number of hydrogen-bond donors (Lipinski definition) is 0. The van der Waals surface area contributed by atoms with Crippen LogP contribution in [0.15, 0.2) is 12.7 Å². The maximum Gasteiger partial charge on any atom is 0.294 e. The Bertz CT molecular complexity index is 229. The molecule has 0 aliphatic rings. The number of nitro groups is 1. The fourth-order valence-electron chi connectivity index (χ4n) is 0.689. The summed E-state index contributed by atoms with van der Waals surface area (Å²) < 4.78 is 0. The van der Waals surface area contributed by atoms with Crippen LogP contribution in [0.2, 0.25) is 0 Å². The fourth-order valence-corrected chi connectivity index (χ4v) is 0.689.